The number of carbonyl (C=O) groups excluding carboxylic acids is 1. The molecule has 1 amide bonds. The van der Waals surface area contributed by atoms with Gasteiger partial charge in [0.25, 0.3) is 0 Å². The first-order valence-corrected chi connectivity index (χ1v) is 6.54. The first kappa shape index (κ1) is 13.1. The van der Waals surface area contributed by atoms with Crippen molar-refractivity contribution in [1.82, 2.24) is 5.32 Å². The van der Waals surface area contributed by atoms with Crippen LogP contribution < -0.4 is 10.2 Å². The number of amides is 1. The van der Waals surface area contributed by atoms with Gasteiger partial charge in [0.05, 0.1) is 5.54 Å². The molecular weight excluding hydrogens is 224 g/mol. The van der Waals surface area contributed by atoms with Crippen LogP contribution in [0.25, 0.3) is 0 Å². The third kappa shape index (κ3) is 2.56. The fourth-order valence-electron chi connectivity index (χ4n) is 2.32. The number of rotatable bonds is 1. The van der Waals surface area contributed by atoms with Crippen LogP contribution in [0.15, 0.2) is 24.3 Å². The molecule has 0 spiro atoms. The Morgan fingerprint density at radius 3 is 2.78 bits per heavy atom. The number of nitrogens with one attached hydrogen (secondary N) is 1. The van der Waals surface area contributed by atoms with Gasteiger partial charge in [0.1, 0.15) is 0 Å². The summed E-state index contributed by atoms with van der Waals surface area (Å²) in [5.74, 6) is 0.605. The van der Waals surface area contributed by atoms with Crippen LogP contribution in [0.5, 0.6) is 0 Å². The smallest absolute Gasteiger partial charge is 0.246 e. The lowest BCUT2D eigenvalue weighted by atomic mass is 10.0. The van der Waals surface area contributed by atoms with E-state index < -0.39 is 5.54 Å². The molecule has 0 aromatic heterocycles. The Morgan fingerprint density at radius 1 is 1.39 bits per heavy atom. The summed E-state index contributed by atoms with van der Waals surface area (Å²) >= 11 is 0. The third-order valence-electron chi connectivity index (χ3n) is 3.48. The Balaban J connectivity index is 2.37. The van der Waals surface area contributed by atoms with Gasteiger partial charge in [0.15, 0.2) is 0 Å². The van der Waals surface area contributed by atoms with Gasteiger partial charge in [-0.3, -0.25) is 4.79 Å². The van der Waals surface area contributed by atoms with Crippen molar-refractivity contribution in [3.05, 3.63) is 29.8 Å². The average Bonchev–Trinajstić information content (AvgIpc) is 2.41. The van der Waals surface area contributed by atoms with Gasteiger partial charge in [-0.15, -0.1) is 0 Å². The minimum atomic E-state index is -0.492. The highest BCUT2D eigenvalue weighted by atomic mass is 16.2. The van der Waals surface area contributed by atoms with Gasteiger partial charge >= 0.3 is 0 Å². The molecule has 0 saturated carbocycles. The zero-order chi connectivity index (χ0) is 13.3. The molecule has 1 atom stereocenters. The molecule has 1 fully saturated rings. The molecule has 0 aliphatic carbocycles. The first-order valence-electron chi connectivity index (χ1n) is 6.54. The van der Waals surface area contributed by atoms with Crippen LogP contribution in [-0.4, -0.2) is 24.5 Å². The molecule has 1 saturated heterocycles. The van der Waals surface area contributed by atoms with Crippen LogP contribution in [0.4, 0.5) is 5.69 Å². The first-order chi connectivity index (χ1) is 8.40. The highest BCUT2D eigenvalue weighted by Gasteiger charge is 2.36. The summed E-state index contributed by atoms with van der Waals surface area (Å²) in [6.07, 6.45) is 0. The van der Waals surface area contributed by atoms with Crippen LogP contribution in [0, 0.1) is 12.8 Å². The number of hydrogen-bond donors (Lipinski definition) is 1. The van der Waals surface area contributed by atoms with E-state index in [-0.39, 0.29) is 5.91 Å². The van der Waals surface area contributed by atoms with Crippen molar-refractivity contribution in [2.75, 3.05) is 18.0 Å². The molecule has 1 aromatic rings. The molecule has 0 radical (unpaired) electrons. The van der Waals surface area contributed by atoms with Gasteiger partial charge in [-0.25, -0.2) is 0 Å². The molecule has 18 heavy (non-hydrogen) atoms. The minimum absolute atomic E-state index is 0.150. The Bertz CT molecular complexity index is 454. The van der Waals surface area contributed by atoms with Gasteiger partial charge in [0, 0.05) is 18.8 Å². The molecule has 3 nitrogen and oxygen atoms in total. The Kier molecular flexibility index (Phi) is 3.44. The molecule has 1 N–H and O–H groups in total. The zero-order valence-corrected chi connectivity index (χ0v) is 11.7. The lowest BCUT2D eigenvalue weighted by molar-refractivity contribution is -0.123. The monoisotopic (exact) mass is 246 g/mol. The number of aryl methyl sites for hydroxylation is 1. The maximum Gasteiger partial charge on any atom is 0.246 e. The summed E-state index contributed by atoms with van der Waals surface area (Å²) in [6, 6.07) is 8.15. The van der Waals surface area contributed by atoms with Gasteiger partial charge in [0.2, 0.25) is 5.91 Å². The third-order valence-corrected chi connectivity index (χ3v) is 3.48. The van der Waals surface area contributed by atoms with Crippen LogP contribution in [0.3, 0.4) is 0 Å². The average molecular weight is 246 g/mol. The SMILES string of the molecule is Cc1cccc(N2CC(C)CNC(C)(C)C2=O)c1. The van der Waals surface area contributed by atoms with E-state index >= 15 is 0 Å². The lowest BCUT2D eigenvalue weighted by Gasteiger charge is -2.29. The topological polar surface area (TPSA) is 32.3 Å². The van der Waals surface area contributed by atoms with Gasteiger partial charge in [-0.2, -0.15) is 0 Å². The highest BCUT2D eigenvalue weighted by Crippen LogP contribution is 2.23. The van der Waals surface area contributed by atoms with E-state index in [1.165, 1.54) is 5.56 Å². The number of nitrogens with zero attached hydrogens (tertiary/aromatic N) is 1. The second-order valence-electron chi connectivity index (χ2n) is 5.87. The van der Waals surface area contributed by atoms with Crippen molar-refractivity contribution in [3.63, 3.8) is 0 Å². The van der Waals surface area contributed by atoms with E-state index in [1.807, 2.05) is 30.9 Å². The molecule has 1 aromatic carbocycles. The summed E-state index contributed by atoms with van der Waals surface area (Å²) in [6.45, 7) is 9.79. The summed E-state index contributed by atoms with van der Waals surface area (Å²) in [7, 11) is 0. The van der Waals surface area contributed by atoms with Crippen LogP contribution in [0.1, 0.15) is 26.3 Å². The molecule has 1 unspecified atom stereocenters. The van der Waals surface area contributed by atoms with Crippen molar-refractivity contribution in [3.8, 4) is 0 Å². The minimum Gasteiger partial charge on any atom is -0.311 e. The van der Waals surface area contributed by atoms with E-state index in [0.29, 0.717) is 5.92 Å². The number of benzene rings is 1. The molecule has 1 heterocycles. The number of carbonyl (C=O) groups is 1. The van der Waals surface area contributed by atoms with E-state index in [1.54, 1.807) is 0 Å². The van der Waals surface area contributed by atoms with E-state index in [9.17, 15) is 4.79 Å². The van der Waals surface area contributed by atoms with E-state index in [4.69, 9.17) is 0 Å². The Labute approximate surface area is 109 Å². The molecule has 0 bridgehead atoms. The van der Waals surface area contributed by atoms with Crippen molar-refractivity contribution in [1.29, 1.82) is 0 Å². The van der Waals surface area contributed by atoms with Gasteiger partial charge < -0.3 is 10.2 Å². The van der Waals surface area contributed by atoms with E-state index in [0.717, 1.165) is 18.8 Å². The summed E-state index contributed by atoms with van der Waals surface area (Å²) < 4.78 is 0. The van der Waals surface area contributed by atoms with Gasteiger partial charge in [-0.05, 0) is 44.4 Å². The number of hydrogen-bond acceptors (Lipinski definition) is 2. The fourth-order valence-corrected chi connectivity index (χ4v) is 2.32. The lowest BCUT2D eigenvalue weighted by Crippen LogP contribution is -2.51. The quantitative estimate of drug-likeness (QED) is 0.825. The van der Waals surface area contributed by atoms with E-state index in [2.05, 4.69) is 31.3 Å². The van der Waals surface area contributed by atoms with Crippen LogP contribution in [0.2, 0.25) is 0 Å². The fraction of sp³-hybridized carbons (Fsp3) is 0.533. The maximum atomic E-state index is 12.6. The molecule has 1 aliphatic rings. The van der Waals surface area contributed by atoms with Crippen LogP contribution in [-0.2, 0) is 4.79 Å². The van der Waals surface area contributed by atoms with Crippen molar-refractivity contribution < 1.29 is 4.79 Å². The summed E-state index contributed by atoms with van der Waals surface area (Å²) in [5.41, 5.74) is 1.70. The molecule has 98 valence electrons. The molecule has 1 aliphatic heterocycles. The standard InChI is InChI=1S/C15H22N2O/c1-11-6-5-7-13(8-11)17-10-12(2)9-16-15(3,4)14(17)18/h5-8,12,16H,9-10H2,1-4H3. The van der Waals surface area contributed by atoms with Crippen molar-refractivity contribution in [2.24, 2.45) is 5.92 Å². The Morgan fingerprint density at radius 2 is 2.11 bits per heavy atom. The van der Waals surface area contributed by atoms with Gasteiger partial charge in [-0.1, -0.05) is 19.1 Å². The maximum absolute atomic E-state index is 12.6. The predicted molar refractivity (Wildman–Crippen MR) is 74.8 cm³/mol. The van der Waals surface area contributed by atoms with Crippen molar-refractivity contribution >= 4 is 11.6 Å². The predicted octanol–water partition coefficient (Wildman–Crippen LogP) is 2.35. The normalized spacial score (nSPS) is 23.9. The molecule has 3 heteroatoms. The van der Waals surface area contributed by atoms with Crippen LogP contribution >= 0.6 is 0 Å². The largest absolute Gasteiger partial charge is 0.311 e. The summed E-state index contributed by atoms with van der Waals surface area (Å²) in [5, 5.41) is 3.34. The second-order valence-corrected chi connectivity index (χ2v) is 5.87. The summed E-state index contributed by atoms with van der Waals surface area (Å²) in [4.78, 5) is 14.5. The molecule has 2 rings (SSSR count). The Hall–Kier alpha value is -1.35. The molecular formula is C15H22N2O. The second kappa shape index (κ2) is 4.73. The highest BCUT2D eigenvalue weighted by molar-refractivity contribution is 6.00. The van der Waals surface area contributed by atoms with Crippen molar-refractivity contribution in [2.45, 2.75) is 33.2 Å². The zero-order valence-electron chi connectivity index (χ0n) is 11.7. The number of anilines is 1.